The number of tetrazole rings is 1. The van der Waals surface area contributed by atoms with Crippen molar-refractivity contribution in [3.05, 3.63) is 59.7 Å². The van der Waals surface area contributed by atoms with E-state index >= 15 is 0 Å². The molecular weight excluding hydrogens is 346 g/mol. The van der Waals surface area contributed by atoms with Gasteiger partial charge < -0.3 is 19.5 Å². The standard InChI is InChI=1S/C19H19N5O3/c1-25-16-10-9-13(17(26-2)18(16)27-3)15-11-14(12-7-5-4-6-8-12)20-19-21-22-23-24(15)19/h4-11,15H,1-3H3,(H,20,21,23)/t15-/m1/s1. The van der Waals surface area contributed by atoms with Crippen molar-refractivity contribution in [2.45, 2.75) is 6.04 Å². The van der Waals surface area contributed by atoms with Gasteiger partial charge in [0.05, 0.1) is 21.3 Å². The lowest BCUT2D eigenvalue weighted by molar-refractivity contribution is 0.320. The molecule has 27 heavy (non-hydrogen) atoms. The number of hydrogen-bond donors (Lipinski definition) is 1. The molecule has 0 radical (unpaired) electrons. The zero-order valence-corrected chi connectivity index (χ0v) is 15.2. The maximum Gasteiger partial charge on any atom is 0.248 e. The minimum atomic E-state index is -0.277. The molecule has 0 bridgehead atoms. The Kier molecular flexibility index (Phi) is 4.37. The van der Waals surface area contributed by atoms with Crippen molar-refractivity contribution >= 4 is 11.6 Å². The lowest BCUT2D eigenvalue weighted by Gasteiger charge is -2.25. The van der Waals surface area contributed by atoms with Gasteiger partial charge in [0.2, 0.25) is 11.7 Å². The minimum absolute atomic E-state index is 0.277. The first-order valence-corrected chi connectivity index (χ1v) is 8.37. The van der Waals surface area contributed by atoms with E-state index in [2.05, 4.69) is 26.9 Å². The van der Waals surface area contributed by atoms with E-state index in [9.17, 15) is 0 Å². The topological polar surface area (TPSA) is 83.3 Å². The third-order valence-electron chi connectivity index (χ3n) is 4.47. The smallest absolute Gasteiger partial charge is 0.248 e. The molecule has 0 fully saturated rings. The number of nitrogens with one attached hydrogen (secondary N) is 1. The van der Waals surface area contributed by atoms with Crippen LogP contribution in [0.4, 0.5) is 5.95 Å². The van der Waals surface area contributed by atoms with E-state index in [-0.39, 0.29) is 6.04 Å². The van der Waals surface area contributed by atoms with Gasteiger partial charge in [-0.15, -0.1) is 0 Å². The molecule has 8 nitrogen and oxygen atoms in total. The average Bonchev–Trinajstić information content (AvgIpc) is 3.21. The molecule has 1 atom stereocenters. The van der Waals surface area contributed by atoms with E-state index in [0.29, 0.717) is 23.2 Å². The number of hydrogen-bond acceptors (Lipinski definition) is 7. The maximum atomic E-state index is 5.66. The van der Waals surface area contributed by atoms with Gasteiger partial charge in [0.15, 0.2) is 11.5 Å². The third kappa shape index (κ3) is 2.84. The molecule has 0 saturated heterocycles. The Balaban J connectivity index is 1.89. The van der Waals surface area contributed by atoms with Gasteiger partial charge in [-0.3, -0.25) is 0 Å². The molecule has 0 amide bonds. The summed E-state index contributed by atoms with van der Waals surface area (Å²) >= 11 is 0. The Morgan fingerprint density at radius 1 is 0.926 bits per heavy atom. The quantitative estimate of drug-likeness (QED) is 0.744. The number of rotatable bonds is 5. The highest BCUT2D eigenvalue weighted by Gasteiger charge is 2.29. The van der Waals surface area contributed by atoms with Gasteiger partial charge in [0.1, 0.15) is 6.04 Å². The van der Waals surface area contributed by atoms with Gasteiger partial charge in [-0.2, -0.15) is 4.68 Å². The van der Waals surface area contributed by atoms with Crippen LogP contribution in [-0.2, 0) is 0 Å². The minimum Gasteiger partial charge on any atom is -0.493 e. The predicted octanol–water partition coefficient (Wildman–Crippen LogP) is 2.75. The van der Waals surface area contributed by atoms with Crippen LogP contribution in [0.1, 0.15) is 17.2 Å². The van der Waals surface area contributed by atoms with Crippen LogP contribution in [-0.4, -0.2) is 41.5 Å². The van der Waals surface area contributed by atoms with Crippen LogP contribution >= 0.6 is 0 Å². The Bertz CT molecular complexity index is 984. The molecule has 0 saturated carbocycles. The predicted molar refractivity (Wildman–Crippen MR) is 100 cm³/mol. The third-order valence-corrected chi connectivity index (χ3v) is 4.47. The Morgan fingerprint density at radius 3 is 2.41 bits per heavy atom. The molecule has 2 heterocycles. The van der Waals surface area contributed by atoms with Crippen LogP contribution in [0, 0.1) is 0 Å². The van der Waals surface area contributed by atoms with E-state index in [0.717, 1.165) is 16.8 Å². The van der Waals surface area contributed by atoms with Crippen molar-refractivity contribution in [1.82, 2.24) is 20.2 Å². The first-order valence-electron chi connectivity index (χ1n) is 8.37. The summed E-state index contributed by atoms with van der Waals surface area (Å²) < 4.78 is 18.3. The fourth-order valence-electron chi connectivity index (χ4n) is 3.22. The summed E-state index contributed by atoms with van der Waals surface area (Å²) in [5.41, 5.74) is 2.81. The highest BCUT2D eigenvalue weighted by atomic mass is 16.5. The summed E-state index contributed by atoms with van der Waals surface area (Å²) in [6.45, 7) is 0. The van der Waals surface area contributed by atoms with Crippen molar-refractivity contribution in [3.8, 4) is 17.2 Å². The lowest BCUT2D eigenvalue weighted by atomic mass is 10.00. The van der Waals surface area contributed by atoms with Crippen molar-refractivity contribution in [2.24, 2.45) is 0 Å². The maximum absolute atomic E-state index is 5.66. The van der Waals surface area contributed by atoms with Gasteiger partial charge in [-0.05, 0) is 34.2 Å². The molecule has 3 aromatic rings. The Hall–Kier alpha value is -3.55. The van der Waals surface area contributed by atoms with Crippen molar-refractivity contribution < 1.29 is 14.2 Å². The summed E-state index contributed by atoms with van der Waals surface area (Å²) in [6, 6.07) is 13.5. The molecule has 138 valence electrons. The highest BCUT2D eigenvalue weighted by molar-refractivity contribution is 5.77. The summed E-state index contributed by atoms with van der Waals surface area (Å²) in [7, 11) is 4.78. The van der Waals surface area contributed by atoms with Crippen LogP contribution in [0.15, 0.2) is 48.5 Å². The Morgan fingerprint density at radius 2 is 1.70 bits per heavy atom. The highest BCUT2D eigenvalue weighted by Crippen LogP contribution is 2.44. The first kappa shape index (κ1) is 16.9. The molecule has 1 N–H and O–H groups in total. The van der Waals surface area contributed by atoms with E-state index < -0.39 is 0 Å². The number of aromatic nitrogens is 4. The zero-order chi connectivity index (χ0) is 18.8. The molecule has 0 spiro atoms. The van der Waals surface area contributed by atoms with Crippen molar-refractivity contribution in [1.29, 1.82) is 0 Å². The van der Waals surface area contributed by atoms with Gasteiger partial charge in [0.25, 0.3) is 0 Å². The van der Waals surface area contributed by atoms with Crippen LogP contribution < -0.4 is 19.5 Å². The summed E-state index contributed by atoms with van der Waals surface area (Å²) in [5, 5.41) is 15.3. The Labute approximate surface area is 156 Å². The van der Waals surface area contributed by atoms with Crippen LogP contribution in [0.2, 0.25) is 0 Å². The molecule has 0 aliphatic carbocycles. The number of methoxy groups -OCH3 is 3. The van der Waals surface area contributed by atoms with E-state index in [4.69, 9.17) is 14.2 Å². The molecule has 8 heteroatoms. The molecule has 4 rings (SSSR count). The zero-order valence-electron chi connectivity index (χ0n) is 15.2. The van der Waals surface area contributed by atoms with Gasteiger partial charge in [0, 0.05) is 11.3 Å². The SMILES string of the molecule is COc1ccc([C@H]2C=C(c3ccccc3)Nc3nnnn32)c(OC)c1OC. The molecular formula is C19H19N5O3. The second-order valence-corrected chi connectivity index (χ2v) is 5.89. The van der Waals surface area contributed by atoms with E-state index in [1.54, 1.807) is 26.0 Å². The second-order valence-electron chi connectivity index (χ2n) is 5.89. The van der Waals surface area contributed by atoms with Crippen molar-refractivity contribution in [3.63, 3.8) is 0 Å². The molecule has 0 unspecified atom stereocenters. The number of ether oxygens (including phenoxy) is 3. The van der Waals surface area contributed by atoms with E-state index in [1.165, 1.54) is 0 Å². The fourth-order valence-corrected chi connectivity index (χ4v) is 3.22. The monoisotopic (exact) mass is 365 g/mol. The molecule has 1 aromatic heterocycles. The lowest BCUT2D eigenvalue weighted by Crippen LogP contribution is -2.21. The number of allylic oxidation sites excluding steroid dienone is 1. The normalized spacial score (nSPS) is 15.4. The fraction of sp³-hybridized carbons (Fsp3) is 0.211. The number of anilines is 1. The van der Waals surface area contributed by atoms with Crippen molar-refractivity contribution in [2.75, 3.05) is 26.6 Å². The summed E-state index contributed by atoms with van der Waals surface area (Å²) in [4.78, 5) is 0. The number of benzene rings is 2. The summed E-state index contributed by atoms with van der Waals surface area (Å²) in [5.74, 6) is 2.25. The van der Waals surface area contributed by atoms with Crippen LogP contribution in [0.25, 0.3) is 5.70 Å². The van der Waals surface area contributed by atoms with Gasteiger partial charge in [-0.25, -0.2) is 0 Å². The van der Waals surface area contributed by atoms with Crippen LogP contribution in [0.5, 0.6) is 17.2 Å². The van der Waals surface area contributed by atoms with Gasteiger partial charge in [-0.1, -0.05) is 35.4 Å². The second kappa shape index (κ2) is 6.99. The largest absolute Gasteiger partial charge is 0.493 e. The van der Waals surface area contributed by atoms with Gasteiger partial charge >= 0.3 is 0 Å². The average molecular weight is 365 g/mol. The van der Waals surface area contributed by atoms with E-state index in [1.807, 2.05) is 42.5 Å². The van der Waals surface area contributed by atoms with Crippen LogP contribution in [0.3, 0.4) is 0 Å². The molecule has 1 aliphatic heterocycles. The first-order chi connectivity index (χ1) is 13.3. The molecule has 2 aromatic carbocycles. The summed E-state index contributed by atoms with van der Waals surface area (Å²) in [6.07, 6.45) is 2.06. The molecule has 1 aliphatic rings. The number of fused-ring (bicyclic) bond motifs is 1. The number of nitrogens with zero attached hydrogens (tertiary/aromatic N) is 4.